The zero-order chi connectivity index (χ0) is 23.7. The van der Waals surface area contributed by atoms with Gasteiger partial charge in [0, 0.05) is 19.6 Å². The Bertz CT molecular complexity index is 968. The lowest BCUT2D eigenvalue weighted by atomic mass is 9.80. The highest BCUT2D eigenvalue weighted by atomic mass is 16.6. The van der Waals surface area contributed by atoms with Gasteiger partial charge in [-0.05, 0) is 61.5 Å². The molecular formula is C26H33N3O5. The van der Waals surface area contributed by atoms with Crippen molar-refractivity contribution < 1.29 is 24.3 Å². The molecule has 0 bridgehead atoms. The fourth-order valence-electron chi connectivity index (χ4n) is 5.83. The van der Waals surface area contributed by atoms with Crippen LogP contribution in [0, 0.1) is 11.3 Å². The second-order valence-electron chi connectivity index (χ2n) is 10.3. The van der Waals surface area contributed by atoms with Gasteiger partial charge in [-0.3, -0.25) is 19.7 Å². The van der Waals surface area contributed by atoms with Gasteiger partial charge < -0.3 is 9.64 Å². The van der Waals surface area contributed by atoms with E-state index in [0.717, 1.165) is 56.1 Å². The molecule has 1 aromatic carbocycles. The van der Waals surface area contributed by atoms with Crippen molar-refractivity contribution in [3.8, 4) is 0 Å². The van der Waals surface area contributed by atoms with E-state index in [1.165, 1.54) is 4.90 Å². The molecule has 8 nitrogen and oxygen atoms in total. The van der Waals surface area contributed by atoms with E-state index in [1.807, 2.05) is 36.4 Å². The summed E-state index contributed by atoms with van der Waals surface area (Å²) in [5.41, 5.74) is 3.68. The predicted octanol–water partition coefficient (Wildman–Crippen LogP) is 3.36. The van der Waals surface area contributed by atoms with Crippen molar-refractivity contribution in [3.63, 3.8) is 0 Å². The van der Waals surface area contributed by atoms with E-state index in [1.54, 1.807) is 10.4 Å². The van der Waals surface area contributed by atoms with Crippen molar-refractivity contribution in [1.29, 1.82) is 0 Å². The van der Waals surface area contributed by atoms with Crippen LogP contribution in [0.15, 0.2) is 36.4 Å². The number of nitrogens with zero attached hydrogens (tertiary/aromatic N) is 2. The molecule has 2 heterocycles. The Morgan fingerprint density at radius 1 is 1.06 bits per heavy atom. The van der Waals surface area contributed by atoms with Crippen molar-refractivity contribution >= 4 is 23.5 Å². The summed E-state index contributed by atoms with van der Waals surface area (Å²) in [6.45, 7) is 1.25. The van der Waals surface area contributed by atoms with Gasteiger partial charge in [0.05, 0.1) is 5.92 Å². The Hall–Kier alpha value is -2.87. The highest BCUT2D eigenvalue weighted by Gasteiger charge is 2.58. The van der Waals surface area contributed by atoms with Gasteiger partial charge in [0.15, 0.2) is 0 Å². The average molecular weight is 468 g/mol. The molecule has 0 radical (unpaired) electrons. The normalized spacial score (nSPS) is 26.2. The fraction of sp³-hybridized carbons (Fsp3) is 0.577. The topological polar surface area (TPSA) is 99.2 Å². The van der Waals surface area contributed by atoms with Crippen LogP contribution in [0.4, 0.5) is 4.79 Å². The first kappa shape index (κ1) is 22.9. The molecule has 1 aromatic rings. The maximum absolute atomic E-state index is 13.8. The van der Waals surface area contributed by atoms with E-state index in [9.17, 15) is 19.6 Å². The first-order valence-electron chi connectivity index (χ1n) is 12.4. The number of benzene rings is 1. The molecule has 5 rings (SSSR count). The molecular weight excluding hydrogens is 434 g/mol. The summed E-state index contributed by atoms with van der Waals surface area (Å²) in [5.74, 6) is -1.70. The number of likely N-dealkylation sites (tertiary alicyclic amines) is 1. The molecule has 2 aliphatic carbocycles. The SMILES string of the molecule is O=C(NO)[C@H]1CC2(CC2)CN(C(=O)OC2CCCCC2)[C@@H]1C(=O)N1CC=C(c2ccccc2)C1. The molecule has 3 amide bonds. The van der Waals surface area contributed by atoms with E-state index in [0.29, 0.717) is 26.1 Å². The molecule has 8 heteroatoms. The van der Waals surface area contributed by atoms with Crippen LogP contribution in [0.3, 0.4) is 0 Å². The maximum atomic E-state index is 13.8. The summed E-state index contributed by atoms with van der Waals surface area (Å²) >= 11 is 0. The van der Waals surface area contributed by atoms with E-state index < -0.39 is 24.0 Å². The Morgan fingerprint density at radius 3 is 2.47 bits per heavy atom. The first-order chi connectivity index (χ1) is 16.5. The monoisotopic (exact) mass is 467 g/mol. The number of ether oxygens (including phenoxy) is 1. The van der Waals surface area contributed by atoms with Crippen molar-refractivity contribution in [2.75, 3.05) is 19.6 Å². The molecule has 34 heavy (non-hydrogen) atoms. The summed E-state index contributed by atoms with van der Waals surface area (Å²) in [6, 6.07) is 8.90. The summed E-state index contributed by atoms with van der Waals surface area (Å²) in [7, 11) is 0. The Morgan fingerprint density at radius 2 is 1.79 bits per heavy atom. The van der Waals surface area contributed by atoms with Crippen LogP contribution >= 0.6 is 0 Å². The Kier molecular flexibility index (Phi) is 6.34. The molecule has 4 aliphatic rings. The minimum absolute atomic E-state index is 0.141. The van der Waals surface area contributed by atoms with Crippen LogP contribution in [0.5, 0.6) is 0 Å². The molecule has 2 N–H and O–H groups in total. The van der Waals surface area contributed by atoms with Crippen LogP contribution in [-0.2, 0) is 14.3 Å². The zero-order valence-electron chi connectivity index (χ0n) is 19.4. The van der Waals surface area contributed by atoms with Crippen molar-refractivity contribution in [1.82, 2.24) is 15.3 Å². The second-order valence-corrected chi connectivity index (χ2v) is 10.3. The highest BCUT2D eigenvalue weighted by Crippen LogP contribution is 2.55. The number of amides is 3. The maximum Gasteiger partial charge on any atom is 0.410 e. The molecule has 1 spiro atoms. The van der Waals surface area contributed by atoms with Crippen molar-refractivity contribution in [2.45, 2.75) is 63.5 Å². The third-order valence-corrected chi connectivity index (χ3v) is 7.96. The van der Waals surface area contributed by atoms with Gasteiger partial charge in [0.25, 0.3) is 0 Å². The number of nitrogens with one attached hydrogen (secondary N) is 1. The molecule has 1 saturated heterocycles. The molecule has 2 aliphatic heterocycles. The number of rotatable bonds is 4. The predicted molar refractivity (Wildman–Crippen MR) is 125 cm³/mol. The van der Waals surface area contributed by atoms with E-state index in [4.69, 9.17) is 4.74 Å². The van der Waals surface area contributed by atoms with Gasteiger partial charge in [-0.2, -0.15) is 0 Å². The third-order valence-electron chi connectivity index (χ3n) is 7.96. The Labute approximate surface area is 199 Å². The molecule has 3 fully saturated rings. The minimum atomic E-state index is -0.988. The minimum Gasteiger partial charge on any atom is -0.446 e. The second kappa shape index (κ2) is 9.41. The zero-order valence-corrected chi connectivity index (χ0v) is 19.4. The average Bonchev–Trinajstić information content (AvgIpc) is 3.42. The summed E-state index contributed by atoms with van der Waals surface area (Å²) in [6.07, 6.45) is 8.52. The molecule has 182 valence electrons. The van der Waals surface area contributed by atoms with Crippen LogP contribution in [0.25, 0.3) is 5.57 Å². The number of hydrogen-bond acceptors (Lipinski definition) is 5. The number of hydroxylamine groups is 1. The first-order valence-corrected chi connectivity index (χ1v) is 12.4. The van der Waals surface area contributed by atoms with Gasteiger partial charge in [-0.15, -0.1) is 0 Å². The summed E-state index contributed by atoms with van der Waals surface area (Å²) in [5, 5.41) is 9.45. The third kappa shape index (κ3) is 4.56. The van der Waals surface area contributed by atoms with Crippen LogP contribution < -0.4 is 5.48 Å². The number of piperidine rings is 1. The molecule has 2 saturated carbocycles. The van der Waals surface area contributed by atoms with Crippen molar-refractivity contribution in [3.05, 3.63) is 42.0 Å². The number of carbonyl (C=O) groups excluding carboxylic acids is 3. The quantitative estimate of drug-likeness (QED) is 0.523. The van der Waals surface area contributed by atoms with Gasteiger partial charge in [0.1, 0.15) is 12.1 Å². The van der Waals surface area contributed by atoms with Gasteiger partial charge in [-0.1, -0.05) is 42.8 Å². The lowest BCUT2D eigenvalue weighted by molar-refractivity contribution is -0.149. The lowest BCUT2D eigenvalue weighted by Crippen LogP contribution is -2.62. The van der Waals surface area contributed by atoms with E-state index in [-0.39, 0.29) is 17.4 Å². The summed E-state index contributed by atoms with van der Waals surface area (Å²) in [4.78, 5) is 43.1. The largest absolute Gasteiger partial charge is 0.446 e. The van der Waals surface area contributed by atoms with E-state index in [2.05, 4.69) is 0 Å². The van der Waals surface area contributed by atoms with Crippen LogP contribution in [0.2, 0.25) is 0 Å². The highest BCUT2D eigenvalue weighted by molar-refractivity contribution is 5.94. The fourth-order valence-corrected chi connectivity index (χ4v) is 5.83. The van der Waals surface area contributed by atoms with Crippen LogP contribution in [0.1, 0.15) is 56.9 Å². The lowest BCUT2D eigenvalue weighted by Gasteiger charge is -2.44. The van der Waals surface area contributed by atoms with Gasteiger partial charge in [-0.25, -0.2) is 10.3 Å². The van der Waals surface area contributed by atoms with Gasteiger partial charge in [0.2, 0.25) is 11.8 Å². The van der Waals surface area contributed by atoms with Gasteiger partial charge >= 0.3 is 6.09 Å². The standard InChI is InChI=1S/C26H33N3O5/c30-23(27-33)21-15-26(12-13-26)17-29(25(32)34-20-9-5-2-6-10-20)22(21)24(31)28-14-11-19(16-28)18-7-3-1-4-8-18/h1,3-4,7-8,11,20-22,33H,2,5-6,9-10,12-17H2,(H,27,30)/t21-,22-/m0/s1. The Balaban J connectivity index is 1.38. The number of carbonyl (C=O) groups is 3. The molecule has 0 aromatic heterocycles. The smallest absolute Gasteiger partial charge is 0.410 e. The molecule has 0 unspecified atom stereocenters. The number of hydrogen-bond donors (Lipinski definition) is 2. The molecule has 2 atom stereocenters. The van der Waals surface area contributed by atoms with Crippen molar-refractivity contribution in [2.24, 2.45) is 11.3 Å². The van der Waals surface area contributed by atoms with Crippen LogP contribution in [-0.4, -0.2) is 64.7 Å². The summed E-state index contributed by atoms with van der Waals surface area (Å²) < 4.78 is 5.86. The van der Waals surface area contributed by atoms with E-state index >= 15 is 0 Å².